The van der Waals surface area contributed by atoms with E-state index >= 15 is 0 Å². The van der Waals surface area contributed by atoms with Crippen LogP contribution < -0.4 is 5.84 Å². The molecule has 0 aliphatic heterocycles. The summed E-state index contributed by atoms with van der Waals surface area (Å²) in [6, 6.07) is 0. The minimum Gasteiger partial charge on any atom is -0.268 e. The Morgan fingerprint density at radius 1 is 0.800 bits per heavy atom. The first-order chi connectivity index (χ1) is 8.65. The number of nitrogens with zero attached hydrogens (tertiary/aromatic N) is 1. The van der Waals surface area contributed by atoms with Crippen LogP contribution in [-0.4, -0.2) is 17.1 Å². The van der Waals surface area contributed by atoms with Gasteiger partial charge in [-0.2, -0.15) is 0 Å². The first-order valence-electron chi connectivity index (χ1n) is 8.17. The van der Waals surface area contributed by atoms with Crippen molar-refractivity contribution >= 4 is 0 Å². The van der Waals surface area contributed by atoms with Crippen molar-refractivity contribution in [2.45, 2.75) is 94.0 Å². The fourth-order valence-corrected chi connectivity index (χ4v) is 2.63. The summed E-state index contributed by atoms with van der Waals surface area (Å²) < 4.78 is 0. The summed E-state index contributed by atoms with van der Waals surface area (Å²) in [5, 5.41) is 1.98. The van der Waals surface area contributed by atoms with E-state index in [4.69, 9.17) is 5.84 Å². The van der Waals surface area contributed by atoms with Crippen molar-refractivity contribution in [2.24, 2.45) is 22.1 Å². The second-order valence-electron chi connectivity index (χ2n) is 9.58. The van der Waals surface area contributed by atoms with E-state index in [9.17, 15) is 0 Å². The Morgan fingerprint density at radius 2 is 1.25 bits per heavy atom. The Kier molecular flexibility index (Phi) is 6.33. The number of hydrogen-bond acceptors (Lipinski definition) is 2. The zero-order chi connectivity index (χ0) is 16.4. The SMILES string of the molecule is CCC(C)(C)CC(C)(C)C(C)(C)CCN(N)C(C)(C)C. The van der Waals surface area contributed by atoms with E-state index in [0.717, 1.165) is 13.0 Å². The number of nitrogens with two attached hydrogens (primary N) is 1. The van der Waals surface area contributed by atoms with Gasteiger partial charge in [0.1, 0.15) is 0 Å². The van der Waals surface area contributed by atoms with Crippen LogP contribution >= 0.6 is 0 Å². The predicted octanol–water partition coefficient (Wildman–Crippen LogP) is 5.23. The molecule has 0 aromatic carbocycles. The van der Waals surface area contributed by atoms with Crippen molar-refractivity contribution in [3.8, 4) is 0 Å². The second-order valence-corrected chi connectivity index (χ2v) is 9.58. The van der Waals surface area contributed by atoms with E-state index in [0.29, 0.717) is 10.8 Å². The monoisotopic (exact) mass is 284 g/mol. The lowest BCUT2D eigenvalue weighted by Gasteiger charge is -2.47. The van der Waals surface area contributed by atoms with Crippen molar-refractivity contribution in [1.82, 2.24) is 5.01 Å². The summed E-state index contributed by atoms with van der Waals surface area (Å²) in [6.07, 6.45) is 3.62. The van der Waals surface area contributed by atoms with E-state index < -0.39 is 0 Å². The van der Waals surface area contributed by atoms with Crippen LogP contribution in [0.2, 0.25) is 0 Å². The van der Waals surface area contributed by atoms with Crippen LogP contribution in [0.3, 0.4) is 0 Å². The summed E-state index contributed by atoms with van der Waals surface area (Å²) in [7, 11) is 0. The Bertz CT molecular complexity index is 295. The highest BCUT2D eigenvalue weighted by atomic mass is 15.4. The lowest BCUT2D eigenvalue weighted by atomic mass is 9.59. The molecule has 0 spiro atoms. The highest BCUT2D eigenvalue weighted by Gasteiger charge is 2.40. The molecule has 0 radical (unpaired) electrons. The molecule has 0 amide bonds. The zero-order valence-corrected chi connectivity index (χ0v) is 15.9. The summed E-state index contributed by atoms with van der Waals surface area (Å²) in [4.78, 5) is 0. The Balaban J connectivity index is 4.78. The first-order valence-corrected chi connectivity index (χ1v) is 8.17. The van der Waals surface area contributed by atoms with Crippen molar-refractivity contribution < 1.29 is 0 Å². The molecule has 0 bridgehead atoms. The van der Waals surface area contributed by atoms with Crippen molar-refractivity contribution in [3.05, 3.63) is 0 Å². The highest BCUT2D eigenvalue weighted by Crippen LogP contribution is 2.49. The minimum absolute atomic E-state index is 0.0446. The standard InChI is InChI=1S/C18H40N2/c1-11-16(5,6)14-18(9,10)17(7,8)12-13-20(19)15(2,3)4/h11-14,19H2,1-10H3. The normalized spacial score (nSPS) is 15.0. The van der Waals surface area contributed by atoms with Gasteiger partial charge in [0, 0.05) is 12.1 Å². The fourth-order valence-electron chi connectivity index (χ4n) is 2.63. The average Bonchev–Trinajstić information content (AvgIpc) is 2.23. The Labute approximate surface area is 128 Å². The van der Waals surface area contributed by atoms with Gasteiger partial charge < -0.3 is 0 Å². The largest absolute Gasteiger partial charge is 0.268 e. The smallest absolute Gasteiger partial charge is 0.0267 e. The number of rotatable bonds is 7. The molecule has 0 heterocycles. The second kappa shape index (κ2) is 6.36. The van der Waals surface area contributed by atoms with Crippen LogP contribution in [-0.2, 0) is 0 Å². The third kappa shape index (κ3) is 5.73. The van der Waals surface area contributed by atoms with Crippen molar-refractivity contribution in [3.63, 3.8) is 0 Å². The zero-order valence-electron chi connectivity index (χ0n) is 15.9. The van der Waals surface area contributed by atoms with Crippen molar-refractivity contribution in [2.75, 3.05) is 6.54 Å². The van der Waals surface area contributed by atoms with Crippen molar-refractivity contribution in [1.29, 1.82) is 0 Å². The molecule has 20 heavy (non-hydrogen) atoms. The van der Waals surface area contributed by atoms with Gasteiger partial charge in [0.05, 0.1) is 0 Å². The molecular weight excluding hydrogens is 244 g/mol. The molecular formula is C18H40N2. The molecule has 0 atom stereocenters. The maximum absolute atomic E-state index is 6.19. The molecule has 2 N–H and O–H groups in total. The molecule has 0 aliphatic rings. The third-order valence-corrected chi connectivity index (χ3v) is 5.55. The fraction of sp³-hybridized carbons (Fsp3) is 1.00. The maximum atomic E-state index is 6.19. The Hall–Kier alpha value is -0.0800. The molecule has 0 aromatic rings. The van der Waals surface area contributed by atoms with E-state index in [1.807, 2.05) is 5.01 Å². The maximum Gasteiger partial charge on any atom is 0.0267 e. The van der Waals surface area contributed by atoms with Crippen LogP contribution in [0.1, 0.15) is 88.5 Å². The summed E-state index contributed by atoms with van der Waals surface area (Å²) in [6.45, 7) is 24.2. The number of hydrazine groups is 1. The van der Waals surface area contributed by atoms with Crippen LogP contribution in [0, 0.1) is 16.2 Å². The molecule has 122 valence electrons. The summed E-state index contributed by atoms with van der Waals surface area (Å²) in [5.41, 5.74) is 1.05. The molecule has 0 saturated carbocycles. The molecule has 2 nitrogen and oxygen atoms in total. The molecule has 0 unspecified atom stereocenters. The third-order valence-electron chi connectivity index (χ3n) is 5.55. The first kappa shape index (κ1) is 19.9. The van der Waals surface area contributed by atoms with E-state index in [1.165, 1.54) is 12.8 Å². The van der Waals surface area contributed by atoms with Gasteiger partial charge in [-0.05, 0) is 49.9 Å². The van der Waals surface area contributed by atoms with Gasteiger partial charge in [-0.15, -0.1) is 0 Å². The highest BCUT2D eigenvalue weighted by molar-refractivity contribution is 4.90. The van der Waals surface area contributed by atoms with E-state index in [2.05, 4.69) is 69.2 Å². The molecule has 0 fully saturated rings. The van der Waals surface area contributed by atoms with Gasteiger partial charge in [0.25, 0.3) is 0 Å². The van der Waals surface area contributed by atoms with Gasteiger partial charge in [0.2, 0.25) is 0 Å². The average molecular weight is 285 g/mol. The molecule has 0 aromatic heterocycles. The quantitative estimate of drug-likeness (QED) is 0.512. The topological polar surface area (TPSA) is 29.3 Å². The van der Waals surface area contributed by atoms with E-state index in [-0.39, 0.29) is 11.0 Å². The summed E-state index contributed by atoms with van der Waals surface area (Å²) in [5.74, 6) is 6.19. The lowest BCUT2D eigenvalue weighted by Crippen LogP contribution is -2.49. The van der Waals surface area contributed by atoms with Gasteiger partial charge >= 0.3 is 0 Å². The van der Waals surface area contributed by atoms with Gasteiger partial charge in [-0.1, -0.05) is 54.9 Å². The molecule has 2 heteroatoms. The minimum atomic E-state index is 0.0446. The van der Waals surface area contributed by atoms with Gasteiger partial charge in [-0.25, -0.2) is 5.01 Å². The molecule has 0 saturated heterocycles. The number of hydrogen-bond donors (Lipinski definition) is 1. The van der Waals surface area contributed by atoms with Crippen LogP contribution in [0.5, 0.6) is 0 Å². The van der Waals surface area contributed by atoms with Crippen LogP contribution in [0.4, 0.5) is 0 Å². The lowest BCUT2D eigenvalue weighted by molar-refractivity contribution is 0.0231. The van der Waals surface area contributed by atoms with Crippen LogP contribution in [0.15, 0.2) is 0 Å². The molecule has 0 aliphatic carbocycles. The van der Waals surface area contributed by atoms with Crippen LogP contribution in [0.25, 0.3) is 0 Å². The summed E-state index contributed by atoms with van der Waals surface area (Å²) >= 11 is 0. The molecule has 0 rings (SSSR count). The van der Waals surface area contributed by atoms with Gasteiger partial charge in [0.15, 0.2) is 0 Å². The van der Waals surface area contributed by atoms with E-state index in [1.54, 1.807) is 0 Å². The van der Waals surface area contributed by atoms with Gasteiger partial charge in [-0.3, -0.25) is 5.84 Å². The Morgan fingerprint density at radius 3 is 1.60 bits per heavy atom. The predicted molar refractivity (Wildman–Crippen MR) is 91.5 cm³/mol.